The van der Waals surface area contributed by atoms with E-state index in [1.165, 1.54) is 0 Å². The largest absolute Gasteiger partial charge is 0.373 e. The number of ether oxygens (including phenoxy) is 1. The number of ketones is 1. The molecule has 0 radical (unpaired) electrons. The molecule has 1 aromatic heterocycles. The van der Waals surface area contributed by atoms with Crippen molar-refractivity contribution < 1.29 is 14.1 Å². The quantitative estimate of drug-likeness (QED) is 0.800. The van der Waals surface area contributed by atoms with Gasteiger partial charge in [-0.05, 0) is 31.6 Å². The molecular formula is C12H16N2O3. The Morgan fingerprint density at radius 3 is 2.82 bits per heavy atom. The second kappa shape index (κ2) is 4.22. The summed E-state index contributed by atoms with van der Waals surface area (Å²) < 4.78 is 10.6. The predicted octanol–water partition coefficient (Wildman–Crippen LogP) is 2.00. The average molecular weight is 236 g/mol. The van der Waals surface area contributed by atoms with Crippen molar-refractivity contribution in [3.63, 3.8) is 0 Å². The smallest absolute Gasteiger partial charge is 0.237 e. The van der Waals surface area contributed by atoms with E-state index in [2.05, 4.69) is 10.1 Å². The van der Waals surface area contributed by atoms with Gasteiger partial charge >= 0.3 is 0 Å². The Morgan fingerprint density at radius 1 is 1.41 bits per heavy atom. The van der Waals surface area contributed by atoms with E-state index in [0.717, 1.165) is 25.7 Å². The maximum Gasteiger partial charge on any atom is 0.237 e. The third-order valence-corrected chi connectivity index (χ3v) is 3.62. The molecule has 0 bridgehead atoms. The second-order valence-electron chi connectivity index (χ2n) is 4.90. The molecule has 0 spiro atoms. The van der Waals surface area contributed by atoms with Gasteiger partial charge in [-0.25, -0.2) is 0 Å². The molecule has 5 heteroatoms. The van der Waals surface area contributed by atoms with Gasteiger partial charge < -0.3 is 9.26 Å². The fourth-order valence-electron chi connectivity index (χ4n) is 2.49. The first-order valence-corrected chi connectivity index (χ1v) is 6.18. The van der Waals surface area contributed by atoms with Crippen LogP contribution in [0.4, 0.5) is 0 Å². The van der Waals surface area contributed by atoms with Crippen LogP contribution in [0.5, 0.6) is 0 Å². The van der Waals surface area contributed by atoms with Crippen molar-refractivity contribution >= 4 is 5.78 Å². The summed E-state index contributed by atoms with van der Waals surface area (Å²) in [7, 11) is 1.67. The summed E-state index contributed by atoms with van der Waals surface area (Å²) in [5.74, 6) is 1.65. The Morgan fingerprint density at radius 2 is 2.24 bits per heavy atom. The normalized spacial score (nSPS) is 26.4. The number of methoxy groups -OCH3 is 1. The van der Waals surface area contributed by atoms with Gasteiger partial charge in [0.1, 0.15) is 11.9 Å². The molecule has 5 nitrogen and oxygen atoms in total. The number of aromatic nitrogens is 2. The molecule has 3 rings (SSSR count). The Labute approximate surface area is 99.5 Å². The third kappa shape index (κ3) is 1.99. The SMILES string of the molecule is COC(c1noc(C2CCCC2=O)n1)C1CC1. The number of nitrogens with zero attached hydrogens (tertiary/aromatic N) is 2. The fourth-order valence-corrected chi connectivity index (χ4v) is 2.49. The number of carbonyl (C=O) groups excluding carboxylic acids is 1. The molecule has 0 saturated heterocycles. The summed E-state index contributed by atoms with van der Waals surface area (Å²) in [6.45, 7) is 0. The van der Waals surface area contributed by atoms with Crippen molar-refractivity contribution in [2.75, 3.05) is 7.11 Å². The molecule has 0 N–H and O–H groups in total. The van der Waals surface area contributed by atoms with Gasteiger partial charge in [0.25, 0.3) is 0 Å². The summed E-state index contributed by atoms with van der Waals surface area (Å²) >= 11 is 0. The molecule has 0 amide bonds. The maximum atomic E-state index is 11.6. The van der Waals surface area contributed by atoms with E-state index in [9.17, 15) is 4.79 Å². The second-order valence-corrected chi connectivity index (χ2v) is 4.90. The molecule has 2 aliphatic rings. The van der Waals surface area contributed by atoms with Crippen LogP contribution in [-0.2, 0) is 9.53 Å². The van der Waals surface area contributed by atoms with Crippen molar-refractivity contribution in [2.24, 2.45) is 5.92 Å². The van der Waals surface area contributed by atoms with Crippen LogP contribution >= 0.6 is 0 Å². The molecule has 2 atom stereocenters. The van der Waals surface area contributed by atoms with Gasteiger partial charge in [0, 0.05) is 13.5 Å². The molecule has 0 aliphatic heterocycles. The highest BCUT2D eigenvalue weighted by atomic mass is 16.5. The lowest BCUT2D eigenvalue weighted by Gasteiger charge is -2.08. The molecule has 2 saturated carbocycles. The zero-order valence-electron chi connectivity index (χ0n) is 9.89. The van der Waals surface area contributed by atoms with Crippen LogP contribution in [0.15, 0.2) is 4.52 Å². The van der Waals surface area contributed by atoms with Crippen molar-refractivity contribution in [3.8, 4) is 0 Å². The molecule has 2 fully saturated rings. The monoisotopic (exact) mass is 236 g/mol. The van der Waals surface area contributed by atoms with E-state index in [-0.39, 0.29) is 17.8 Å². The van der Waals surface area contributed by atoms with Crippen LogP contribution in [0.3, 0.4) is 0 Å². The van der Waals surface area contributed by atoms with Crippen LogP contribution in [-0.4, -0.2) is 23.0 Å². The van der Waals surface area contributed by atoms with E-state index in [4.69, 9.17) is 9.26 Å². The lowest BCUT2D eigenvalue weighted by Crippen LogP contribution is -2.08. The molecular weight excluding hydrogens is 220 g/mol. The van der Waals surface area contributed by atoms with Crippen LogP contribution < -0.4 is 0 Å². The first kappa shape index (κ1) is 10.9. The van der Waals surface area contributed by atoms with Gasteiger partial charge in [-0.1, -0.05) is 5.16 Å². The maximum absolute atomic E-state index is 11.6. The molecule has 0 aromatic carbocycles. The summed E-state index contributed by atoms with van der Waals surface area (Å²) in [6, 6.07) is 0. The van der Waals surface area contributed by atoms with Crippen LogP contribution in [0.1, 0.15) is 55.8 Å². The van der Waals surface area contributed by atoms with Gasteiger partial charge in [-0.15, -0.1) is 0 Å². The molecule has 1 aromatic rings. The minimum atomic E-state index is -0.173. The van der Waals surface area contributed by atoms with Gasteiger partial charge in [0.2, 0.25) is 11.7 Å². The van der Waals surface area contributed by atoms with Crippen LogP contribution in [0, 0.1) is 5.92 Å². The van der Waals surface area contributed by atoms with E-state index < -0.39 is 0 Å². The van der Waals surface area contributed by atoms with Crippen molar-refractivity contribution in [1.29, 1.82) is 0 Å². The number of hydrogen-bond acceptors (Lipinski definition) is 5. The summed E-state index contributed by atoms with van der Waals surface area (Å²) in [4.78, 5) is 16.0. The highest BCUT2D eigenvalue weighted by molar-refractivity contribution is 5.86. The zero-order chi connectivity index (χ0) is 11.8. The molecule has 2 unspecified atom stereocenters. The van der Waals surface area contributed by atoms with Crippen molar-refractivity contribution in [1.82, 2.24) is 10.1 Å². The van der Waals surface area contributed by atoms with E-state index in [0.29, 0.717) is 24.1 Å². The number of Topliss-reactive ketones (excluding diaryl/α,β-unsaturated/α-hetero) is 1. The summed E-state index contributed by atoms with van der Waals surface area (Å²) in [6.07, 6.45) is 4.65. The Bertz CT molecular complexity index is 425. The molecule has 92 valence electrons. The first-order chi connectivity index (χ1) is 8.29. The topological polar surface area (TPSA) is 65.2 Å². The highest BCUT2D eigenvalue weighted by Gasteiger charge is 2.37. The number of rotatable bonds is 4. The summed E-state index contributed by atoms with van der Waals surface area (Å²) in [5.41, 5.74) is 0. The van der Waals surface area contributed by atoms with E-state index in [1.807, 2.05) is 0 Å². The van der Waals surface area contributed by atoms with Gasteiger partial charge in [0.15, 0.2) is 0 Å². The van der Waals surface area contributed by atoms with Crippen molar-refractivity contribution in [3.05, 3.63) is 11.7 Å². The standard InChI is InChI=1S/C12H16N2O3/c1-16-10(7-5-6-7)11-13-12(17-14-11)8-3-2-4-9(8)15/h7-8,10H,2-6H2,1H3. The molecule has 17 heavy (non-hydrogen) atoms. The zero-order valence-corrected chi connectivity index (χ0v) is 9.89. The lowest BCUT2D eigenvalue weighted by atomic mass is 10.1. The predicted molar refractivity (Wildman–Crippen MR) is 58.4 cm³/mol. The Balaban J connectivity index is 1.79. The minimum Gasteiger partial charge on any atom is -0.373 e. The molecule has 1 heterocycles. The van der Waals surface area contributed by atoms with E-state index >= 15 is 0 Å². The number of carbonyl (C=O) groups is 1. The third-order valence-electron chi connectivity index (χ3n) is 3.62. The first-order valence-electron chi connectivity index (χ1n) is 6.18. The minimum absolute atomic E-state index is 0.0657. The average Bonchev–Trinajstić information content (AvgIpc) is 2.87. The lowest BCUT2D eigenvalue weighted by molar-refractivity contribution is -0.119. The highest BCUT2D eigenvalue weighted by Crippen LogP contribution is 2.42. The van der Waals surface area contributed by atoms with Gasteiger partial charge in [-0.3, -0.25) is 4.79 Å². The van der Waals surface area contributed by atoms with Crippen molar-refractivity contribution in [2.45, 2.75) is 44.1 Å². The number of hydrogen-bond donors (Lipinski definition) is 0. The molecule has 2 aliphatic carbocycles. The van der Waals surface area contributed by atoms with Crippen LogP contribution in [0.2, 0.25) is 0 Å². The van der Waals surface area contributed by atoms with E-state index in [1.54, 1.807) is 7.11 Å². The van der Waals surface area contributed by atoms with Gasteiger partial charge in [0.05, 0.1) is 5.92 Å². The Kier molecular flexibility index (Phi) is 2.70. The summed E-state index contributed by atoms with van der Waals surface area (Å²) in [5, 5.41) is 3.96. The Hall–Kier alpha value is -1.23. The fraction of sp³-hybridized carbons (Fsp3) is 0.750. The van der Waals surface area contributed by atoms with Gasteiger partial charge in [-0.2, -0.15) is 4.98 Å². The van der Waals surface area contributed by atoms with Crippen LogP contribution in [0.25, 0.3) is 0 Å².